The molecule has 1 unspecified atom stereocenters. The molecule has 7 nitrogen and oxygen atoms in total. The fourth-order valence-corrected chi connectivity index (χ4v) is 5.46. The molecule has 0 aliphatic heterocycles. The molecule has 8 heteroatoms. The van der Waals surface area contributed by atoms with Gasteiger partial charge in [0.05, 0.1) is 6.61 Å². The maximum atomic E-state index is 13.5. The highest BCUT2D eigenvalue weighted by Gasteiger charge is 2.35. The number of benzene rings is 3. The molecule has 3 aromatic carbocycles. The summed E-state index contributed by atoms with van der Waals surface area (Å²) in [6.07, 6.45) is 2.23. The smallest absolute Gasteiger partial charge is 0.329 e. The van der Waals surface area contributed by atoms with Gasteiger partial charge in [0.15, 0.2) is 0 Å². The lowest BCUT2D eigenvalue weighted by Crippen LogP contribution is -2.52. The Bertz CT molecular complexity index is 1550. The summed E-state index contributed by atoms with van der Waals surface area (Å²) in [4.78, 5) is 27.7. The summed E-state index contributed by atoms with van der Waals surface area (Å²) in [5.74, 6) is 0.651. The van der Waals surface area contributed by atoms with Gasteiger partial charge in [0.2, 0.25) is 0 Å². The third-order valence-electron chi connectivity index (χ3n) is 7.34. The van der Waals surface area contributed by atoms with Crippen LogP contribution in [0.1, 0.15) is 46.2 Å². The van der Waals surface area contributed by atoms with E-state index in [0.717, 1.165) is 45.9 Å². The standard InChI is InChI=1S/C35H40N2O5S/c1-24-8-6-7-9-29(24)31-20-26(12-16-30(31)33(38)36-35(2,34(39)40)18-19-43-5)22-41-23-28-15-17-32(42-28)27-13-10-25(11-14-27)21-37(3)4/h6-17,20H,18-19,21-23H2,1-5H3,(H,36,38)(H,39,40). The normalized spacial score (nSPS) is 12.7. The highest BCUT2D eigenvalue weighted by molar-refractivity contribution is 7.98. The summed E-state index contributed by atoms with van der Waals surface area (Å²) in [6, 6.07) is 25.6. The minimum atomic E-state index is -1.37. The number of carboxylic acid groups (broad SMARTS) is 1. The Morgan fingerprint density at radius 3 is 2.35 bits per heavy atom. The Morgan fingerprint density at radius 2 is 1.67 bits per heavy atom. The van der Waals surface area contributed by atoms with Crippen LogP contribution in [0, 0.1) is 6.92 Å². The van der Waals surface area contributed by atoms with Crippen LogP contribution >= 0.6 is 11.8 Å². The largest absolute Gasteiger partial charge is 0.480 e. The first-order valence-electron chi connectivity index (χ1n) is 14.2. The van der Waals surface area contributed by atoms with Crippen LogP contribution in [0.3, 0.4) is 0 Å². The van der Waals surface area contributed by atoms with Gasteiger partial charge in [-0.1, -0.05) is 54.6 Å². The second-order valence-electron chi connectivity index (χ2n) is 11.2. The number of carbonyl (C=O) groups is 2. The monoisotopic (exact) mass is 600 g/mol. The summed E-state index contributed by atoms with van der Waals surface area (Å²) >= 11 is 1.54. The van der Waals surface area contributed by atoms with Crippen LogP contribution < -0.4 is 5.32 Å². The van der Waals surface area contributed by atoms with Crippen LogP contribution in [-0.4, -0.2) is 53.5 Å². The molecule has 43 heavy (non-hydrogen) atoms. The summed E-state index contributed by atoms with van der Waals surface area (Å²) < 4.78 is 12.1. The molecule has 4 aromatic rings. The van der Waals surface area contributed by atoms with Crippen LogP contribution in [0.4, 0.5) is 0 Å². The van der Waals surface area contributed by atoms with E-state index in [9.17, 15) is 14.7 Å². The van der Waals surface area contributed by atoms with E-state index in [-0.39, 0.29) is 0 Å². The average molecular weight is 601 g/mol. The van der Waals surface area contributed by atoms with Gasteiger partial charge in [0, 0.05) is 17.7 Å². The van der Waals surface area contributed by atoms with Gasteiger partial charge in [-0.3, -0.25) is 4.79 Å². The Balaban J connectivity index is 1.49. The highest BCUT2D eigenvalue weighted by atomic mass is 32.2. The van der Waals surface area contributed by atoms with Crippen molar-refractivity contribution in [2.24, 2.45) is 0 Å². The quantitative estimate of drug-likeness (QED) is 0.161. The van der Waals surface area contributed by atoms with E-state index < -0.39 is 17.4 Å². The Labute approximate surface area is 258 Å². The first-order valence-corrected chi connectivity index (χ1v) is 15.6. The van der Waals surface area contributed by atoms with E-state index in [1.807, 2.05) is 75.8 Å². The fourth-order valence-electron chi connectivity index (χ4n) is 4.84. The molecule has 0 radical (unpaired) electrons. The van der Waals surface area contributed by atoms with Crippen LogP contribution in [0.25, 0.3) is 22.5 Å². The van der Waals surface area contributed by atoms with Gasteiger partial charge < -0.3 is 24.5 Å². The molecule has 1 atom stereocenters. The number of nitrogens with zero attached hydrogens (tertiary/aromatic N) is 1. The Kier molecular flexibility index (Phi) is 10.9. The van der Waals surface area contributed by atoms with Crippen LogP contribution in [-0.2, 0) is 29.3 Å². The van der Waals surface area contributed by atoms with E-state index in [0.29, 0.717) is 31.0 Å². The van der Waals surface area contributed by atoms with E-state index in [1.54, 1.807) is 24.8 Å². The van der Waals surface area contributed by atoms with E-state index >= 15 is 0 Å². The van der Waals surface area contributed by atoms with Crippen molar-refractivity contribution < 1.29 is 23.8 Å². The molecule has 0 spiro atoms. The number of rotatable bonds is 14. The number of hydrogen-bond acceptors (Lipinski definition) is 6. The third kappa shape index (κ3) is 8.38. The predicted molar refractivity (Wildman–Crippen MR) is 173 cm³/mol. The Hall–Kier alpha value is -3.85. The number of hydrogen-bond donors (Lipinski definition) is 2. The number of amides is 1. The molecule has 0 aliphatic rings. The summed E-state index contributed by atoms with van der Waals surface area (Å²) in [5, 5.41) is 12.7. The van der Waals surface area contributed by atoms with Crippen molar-refractivity contribution >= 4 is 23.6 Å². The van der Waals surface area contributed by atoms with E-state index in [2.05, 4.69) is 34.5 Å². The summed E-state index contributed by atoms with van der Waals surface area (Å²) in [5.41, 5.74) is 4.83. The zero-order chi connectivity index (χ0) is 31.0. The van der Waals surface area contributed by atoms with Crippen molar-refractivity contribution in [1.29, 1.82) is 0 Å². The maximum absolute atomic E-state index is 13.5. The number of carbonyl (C=O) groups excluding carboxylic acids is 1. The van der Waals surface area contributed by atoms with Gasteiger partial charge >= 0.3 is 5.97 Å². The average Bonchev–Trinajstić information content (AvgIpc) is 3.45. The lowest BCUT2D eigenvalue weighted by molar-refractivity contribution is -0.143. The number of nitrogens with one attached hydrogen (secondary N) is 1. The molecule has 1 aromatic heterocycles. The number of thioether (sulfide) groups is 1. The molecule has 0 saturated carbocycles. The van der Waals surface area contributed by atoms with Crippen molar-refractivity contribution in [2.75, 3.05) is 26.1 Å². The topological polar surface area (TPSA) is 92.0 Å². The number of carboxylic acids is 1. The summed E-state index contributed by atoms with van der Waals surface area (Å²) in [7, 11) is 4.10. The van der Waals surface area contributed by atoms with Crippen molar-refractivity contribution in [1.82, 2.24) is 10.2 Å². The van der Waals surface area contributed by atoms with E-state index in [1.165, 1.54) is 5.56 Å². The van der Waals surface area contributed by atoms with Gasteiger partial charge in [-0.2, -0.15) is 11.8 Å². The van der Waals surface area contributed by atoms with E-state index in [4.69, 9.17) is 9.15 Å². The van der Waals surface area contributed by atoms with Crippen LogP contribution in [0.5, 0.6) is 0 Å². The highest BCUT2D eigenvalue weighted by Crippen LogP contribution is 2.30. The van der Waals surface area contributed by atoms with Crippen LogP contribution in [0.15, 0.2) is 83.3 Å². The number of aryl methyl sites for hydroxylation is 1. The van der Waals surface area contributed by atoms with Crippen molar-refractivity contribution in [2.45, 2.75) is 45.6 Å². The summed E-state index contributed by atoms with van der Waals surface area (Å²) in [6.45, 7) is 5.04. The Morgan fingerprint density at radius 1 is 0.953 bits per heavy atom. The fraction of sp³-hybridized carbons (Fsp3) is 0.314. The molecule has 1 heterocycles. The molecule has 0 saturated heterocycles. The molecule has 0 bridgehead atoms. The number of ether oxygens (including phenoxy) is 1. The molecule has 226 valence electrons. The predicted octanol–water partition coefficient (Wildman–Crippen LogP) is 7.03. The number of furan rings is 1. The lowest BCUT2D eigenvalue weighted by atomic mass is 9.92. The first-order chi connectivity index (χ1) is 20.6. The second kappa shape index (κ2) is 14.6. The SMILES string of the molecule is CSCCC(C)(NC(=O)c1ccc(COCc2ccc(-c3ccc(CN(C)C)cc3)o2)cc1-c1ccccc1C)C(=O)O. The maximum Gasteiger partial charge on any atom is 0.329 e. The van der Waals surface area contributed by atoms with Crippen molar-refractivity contribution in [3.63, 3.8) is 0 Å². The van der Waals surface area contributed by atoms with Gasteiger partial charge in [0.1, 0.15) is 23.7 Å². The van der Waals surface area contributed by atoms with Gasteiger partial charge in [-0.25, -0.2) is 4.79 Å². The molecule has 0 fully saturated rings. The van der Waals surface area contributed by atoms with Gasteiger partial charge in [-0.05, 0) is 98.5 Å². The van der Waals surface area contributed by atoms with Gasteiger partial charge in [-0.15, -0.1) is 0 Å². The molecule has 1 amide bonds. The van der Waals surface area contributed by atoms with Gasteiger partial charge in [0.25, 0.3) is 5.91 Å². The molecular formula is C35H40N2O5S. The van der Waals surface area contributed by atoms with Crippen LogP contribution in [0.2, 0.25) is 0 Å². The van der Waals surface area contributed by atoms with Crippen molar-refractivity contribution in [3.8, 4) is 22.5 Å². The van der Waals surface area contributed by atoms with Crippen molar-refractivity contribution in [3.05, 3.63) is 107 Å². The third-order valence-corrected chi connectivity index (χ3v) is 7.96. The molecule has 2 N–H and O–H groups in total. The molecular weight excluding hydrogens is 560 g/mol. The zero-order valence-corrected chi connectivity index (χ0v) is 26.3. The number of aliphatic carboxylic acids is 1. The lowest BCUT2D eigenvalue weighted by Gasteiger charge is -2.26. The molecule has 4 rings (SSSR count). The minimum Gasteiger partial charge on any atom is -0.480 e. The zero-order valence-electron chi connectivity index (χ0n) is 25.5. The molecule has 0 aliphatic carbocycles. The minimum absolute atomic E-state index is 0.299. The second-order valence-corrected chi connectivity index (χ2v) is 12.2. The first kappa shape index (κ1) is 32.1.